The summed E-state index contributed by atoms with van der Waals surface area (Å²) in [7, 11) is 5.95. The third kappa shape index (κ3) is 43.4. The van der Waals surface area contributed by atoms with E-state index in [9.17, 15) is 19.5 Å². The number of hydrogen-bond donors (Lipinski definition) is 1. The molecule has 0 saturated carbocycles. The Morgan fingerprint density at radius 3 is 1.37 bits per heavy atom. The van der Waals surface area contributed by atoms with Gasteiger partial charge in [0.2, 0.25) is 0 Å². The molecule has 0 aromatic heterocycles. The lowest BCUT2D eigenvalue weighted by Crippen LogP contribution is -2.40. The number of allylic oxidation sites excluding steroid dienone is 6. The van der Waals surface area contributed by atoms with Crippen LogP contribution in [-0.2, 0) is 33.3 Å². The predicted octanol–water partition coefficient (Wildman–Crippen LogP) is 13.0. The molecule has 59 heavy (non-hydrogen) atoms. The molecular formula is C50H92NO8+. The van der Waals surface area contributed by atoms with Crippen LogP contribution >= 0.6 is 0 Å². The second-order valence-electron chi connectivity index (χ2n) is 17.4. The molecule has 0 amide bonds. The predicted molar refractivity (Wildman–Crippen MR) is 244 cm³/mol. The summed E-state index contributed by atoms with van der Waals surface area (Å²) in [5.41, 5.74) is 0. The summed E-state index contributed by atoms with van der Waals surface area (Å²) >= 11 is 0. The Bertz CT molecular complexity index is 1070. The molecule has 0 heterocycles. The number of nitrogens with zero attached hydrogens (tertiary/aromatic N) is 1. The van der Waals surface area contributed by atoms with Gasteiger partial charge in [0.25, 0.3) is 6.29 Å². The molecule has 0 aliphatic heterocycles. The van der Waals surface area contributed by atoms with Gasteiger partial charge in [-0.3, -0.25) is 9.59 Å². The van der Waals surface area contributed by atoms with Gasteiger partial charge in [0.05, 0.1) is 34.4 Å². The van der Waals surface area contributed by atoms with Crippen LogP contribution in [0.1, 0.15) is 206 Å². The molecule has 0 rings (SSSR count). The van der Waals surface area contributed by atoms with Crippen molar-refractivity contribution in [3.8, 4) is 0 Å². The Morgan fingerprint density at radius 1 is 0.508 bits per heavy atom. The van der Waals surface area contributed by atoms with Gasteiger partial charge in [-0.05, 0) is 70.6 Å². The van der Waals surface area contributed by atoms with Crippen LogP contribution in [0, 0.1) is 0 Å². The molecule has 0 aliphatic rings. The number of quaternary nitrogens is 1. The minimum atomic E-state index is -1.51. The minimum Gasteiger partial charge on any atom is -0.477 e. The summed E-state index contributed by atoms with van der Waals surface area (Å²) in [5, 5.41) is 9.65. The highest BCUT2D eigenvalue weighted by atomic mass is 16.7. The second kappa shape index (κ2) is 42.2. The summed E-state index contributed by atoms with van der Waals surface area (Å²) in [4.78, 5) is 37.2. The van der Waals surface area contributed by atoms with Crippen LogP contribution in [0.25, 0.3) is 0 Å². The lowest BCUT2D eigenvalue weighted by atomic mass is 10.1. The van der Waals surface area contributed by atoms with Gasteiger partial charge in [0, 0.05) is 12.8 Å². The van der Waals surface area contributed by atoms with E-state index in [-0.39, 0.29) is 32.2 Å². The van der Waals surface area contributed by atoms with Crippen molar-refractivity contribution < 1.29 is 42.9 Å². The molecule has 1 N–H and O–H groups in total. The molecule has 0 saturated heterocycles. The van der Waals surface area contributed by atoms with E-state index >= 15 is 0 Å². The van der Waals surface area contributed by atoms with E-state index in [1.165, 1.54) is 103 Å². The van der Waals surface area contributed by atoms with Crippen LogP contribution in [0.2, 0.25) is 0 Å². The number of rotatable bonds is 44. The standard InChI is InChI=1S/C50H91NO8/c1-6-8-10-12-14-16-18-20-22-24-25-27-29-31-33-35-37-39-41-48(53)59-46(45-58-50(49(54)55)56-43-42-51(3,4)5)44-57-47(52)40-38-36-34-32-30-28-26-23-21-19-17-15-13-11-9-7-2/h16,18,22-24,26,46,50H,6-15,17,19-21,25,27-45H2,1-5H3/p+1/b18-16-,24-22-,26-23-. The minimum absolute atomic E-state index is 0.185. The Hall–Kier alpha value is -2.49. The fourth-order valence-electron chi connectivity index (χ4n) is 6.57. The summed E-state index contributed by atoms with van der Waals surface area (Å²) < 4.78 is 22.8. The zero-order valence-corrected chi connectivity index (χ0v) is 38.9. The molecule has 9 heteroatoms. The van der Waals surface area contributed by atoms with Crippen molar-refractivity contribution in [2.45, 2.75) is 219 Å². The number of hydrogen-bond acceptors (Lipinski definition) is 7. The van der Waals surface area contributed by atoms with Crippen LogP contribution in [0.3, 0.4) is 0 Å². The molecular weight excluding hydrogens is 743 g/mol. The van der Waals surface area contributed by atoms with Crippen LogP contribution in [0.5, 0.6) is 0 Å². The first kappa shape index (κ1) is 56.5. The average molecular weight is 835 g/mol. The molecule has 0 aromatic carbocycles. The van der Waals surface area contributed by atoms with Crippen molar-refractivity contribution in [1.29, 1.82) is 0 Å². The first-order valence-corrected chi connectivity index (χ1v) is 24.2. The van der Waals surface area contributed by atoms with E-state index in [4.69, 9.17) is 18.9 Å². The molecule has 2 atom stereocenters. The van der Waals surface area contributed by atoms with Crippen LogP contribution < -0.4 is 0 Å². The van der Waals surface area contributed by atoms with Gasteiger partial charge < -0.3 is 28.5 Å². The van der Waals surface area contributed by atoms with Gasteiger partial charge in [-0.15, -0.1) is 0 Å². The van der Waals surface area contributed by atoms with Crippen molar-refractivity contribution in [3.63, 3.8) is 0 Å². The van der Waals surface area contributed by atoms with E-state index < -0.39 is 24.3 Å². The first-order chi connectivity index (χ1) is 28.6. The van der Waals surface area contributed by atoms with Crippen molar-refractivity contribution in [3.05, 3.63) is 36.5 Å². The number of carbonyl (C=O) groups excluding carboxylic acids is 2. The van der Waals surface area contributed by atoms with Crippen LogP contribution in [0.15, 0.2) is 36.5 Å². The third-order valence-corrected chi connectivity index (χ3v) is 10.4. The van der Waals surface area contributed by atoms with Crippen molar-refractivity contribution in [1.82, 2.24) is 0 Å². The number of carboxylic acid groups (broad SMARTS) is 1. The molecule has 0 aromatic rings. The zero-order chi connectivity index (χ0) is 43.5. The van der Waals surface area contributed by atoms with Gasteiger partial charge in [-0.25, -0.2) is 4.79 Å². The van der Waals surface area contributed by atoms with Gasteiger partial charge in [0.1, 0.15) is 13.2 Å². The highest BCUT2D eigenvalue weighted by Gasteiger charge is 2.25. The molecule has 0 spiro atoms. The first-order valence-electron chi connectivity index (χ1n) is 24.2. The van der Waals surface area contributed by atoms with E-state index in [1.807, 2.05) is 21.1 Å². The number of ether oxygens (including phenoxy) is 4. The third-order valence-electron chi connectivity index (χ3n) is 10.4. The van der Waals surface area contributed by atoms with Gasteiger partial charge in [-0.1, -0.05) is 159 Å². The maximum Gasteiger partial charge on any atom is 0.361 e. The SMILES string of the molecule is CCCCCC/C=C\C/C=C\CCCCCCCCCC(=O)OC(COC(=O)CCCCCCC/C=C\CCCCCCCCC)COC(OCC[N+](C)(C)C)C(=O)O. The zero-order valence-electron chi connectivity index (χ0n) is 38.9. The maximum absolute atomic E-state index is 12.8. The topological polar surface area (TPSA) is 108 Å². The Balaban J connectivity index is 4.42. The van der Waals surface area contributed by atoms with E-state index in [0.717, 1.165) is 70.6 Å². The molecule has 0 radical (unpaired) electrons. The lowest BCUT2D eigenvalue weighted by molar-refractivity contribution is -0.870. The number of carboxylic acids is 1. The monoisotopic (exact) mass is 835 g/mol. The second-order valence-corrected chi connectivity index (χ2v) is 17.4. The Labute approximate surface area is 362 Å². The highest BCUT2D eigenvalue weighted by Crippen LogP contribution is 2.14. The quantitative estimate of drug-likeness (QED) is 0.0213. The van der Waals surface area contributed by atoms with Crippen molar-refractivity contribution in [2.75, 3.05) is 47.5 Å². The Kier molecular flexibility index (Phi) is 40.4. The van der Waals surface area contributed by atoms with E-state index in [2.05, 4.69) is 50.3 Å². The normalized spacial score (nSPS) is 13.2. The molecule has 344 valence electrons. The number of esters is 2. The Morgan fingerprint density at radius 2 is 0.915 bits per heavy atom. The van der Waals surface area contributed by atoms with Crippen molar-refractivity contribution in [2.24, 2.45) is 0 Å². The largest absolute Gasteiger partial charge is 0.477 e. The van der Waals surface area contributed by atoms with E-state index in [0.29, 0.717) is 23.9 Å². The molecule has 2 unspecified atom stereocenters. The van der Waals surface area contributed by atoms with Gasteiger partial charge in [-0.2, -0.15) is 0 Å². The van der Waals surface area contributed by atoms with Crippen LogP contribution in [0.4, 0.5) is 0 Å². The number of likely N-dealkylation sites (N-methyl/N-ethyl adjacent to an activating group) is 1. The maximum atomic E-state index is 12.8. The highest BCUT2D eigenvalue weighted by molar-refractivity contribution is 5.71. The van der Waals surface area contributed by atoms with Crippen LogP contribution in [-0.4, -0.2) is 87.4 Å². The number of unbranched alkanes of at least 4 members (excludes halogenated alkanes) is 23. The summed E-state index contributed by atoms with van der Waals surface area (Å²) in [6.07, 6.45) is 44.8. The molecule has 9 nitrogen and oxygen atoms in total. The molecule has 0 aliphatic carbocycles. The van der Waals surface area contributed by atoms with E-state index in [1.54, 1.807) is 0 Å². The van der Waals surface area contributed by atoms with Gasteiger partial charge in [0.15, 0.2) is 6.10 Å². The summed E-state index contributed by atoms with van der Waals surface area (Å²) in [6.45, 7) is 4.84. The summed E-state index contributed by atoms with van der Waals surface area (Å²) in [5.74, 6) is -2.02. The number of aliphatic carboxylic acids is 1. The summed E-state index contributed by atoms with van der Waals surface area (Å²) in [6, 6.07) is 0. The average Bonchev–Trinajstić information content (AvgIpc) is 3.19. The van der Waals surface area contributed by atoms with Crippen molar-refractivity contribution >= 4 is 17.9 Å². The van der Waals surface area contributed by atoms with Gasteiger partial charge >= 0.3 is 17.9 Å². The molecule has 0 fully saturated rings. The fraction of sp³-hybridized carbons (Fsp3) is 0.820. The lowest BCUT2D eigenvalue weighted by Gasteiger charge is -2.25. The fourth-order valence-corrected chi connectivity index (χ4v) is 6.57. The smallest absolute Gasteiger partial charge is 0.361 e. The molecule has 0 bridgehead atoms. The number of carbonyl (C=O) groups is 3.